The van der Waals surface area contributed by atoms with Crippen LogP contribution in [0.4, 0.5) is 0 Å². The second kappa shape index (κ2) is 12.3. The molecular weight excluding hydrogens is 220 g/mol. The van der Waals surface area contributed by atoms with Crippen molar-refractivity contribution in [2.75, 3.05) is 19.8 Å². The van der Waals surface area contributed by atoms with Crippen molar-refractivity contribution in [1.82, 2.24) is 0 Å². The maximum Gasteiger partial charge on any atom is 0.100 e. The fourth-order valence-electron chi connectivity index (χ4n) is 1.68. The molecule has 0 rings (SSSR count). The van der Waals surface area contributed by atoms with Crippen molar-refractivity contribution in [2.45, 2.75) is 64.1 Å². The molecular formula is C13H28O4. The molecule has 0 radical (unpaired) electrons. The van der Waals surface area contributed by atoms with E-state index in [4.69, 9.17) is 20.1 Å². The summed E-state index contributed by atoms with van der Waals surface area (Å²) in [6, 6.07) is 0. The lowest BCUT2D eigenvalue weighted by atomic mass is 10.1. The van der Waals surface area contributed by atoms with Crippen molar-refractivity contribution in [3.8, 4) is 0 Å². The Morgan fingerprint density at radius 2 is 1.59 bits per heavy atom. The molecule has 2 unspecified atom stereocenters. The summed E-state index contributed by atoms with van der Waals surface area (Å²) in [5, 5.41) is 26.8. The molecule has 0 saturated carbocycles. The van der Waals surface area contributed by atoms with Crippen LogP contribution in [0.2, 0.25) is 0 Å². The first kappa shape index (κ1) is 16.8. The van der Waals surface area contributed by atoms with E-state index in [-0.39, 0.29) is 25.9 Å². The van der Waals surface area contributed by atoms with Crippen molar-refractivity contribution in [2.24, 2.45) is 0 Å². The summed E-state index contributed by atoms with van der Waals surface area (Å²) >= 11 is 0. The van der Waals surface area contributed by atoms with Gasteiger partial charge in [-0.05, 0) is 6.42 Å². The standard InChI is InChI=1S/C13H28O4/c1-2-3-4-5-6-7-8-13(10-15)17-11-12(16)9-14/h12-16H,2-11H2,1H3. The third kappa shape index (κ3) is 10.7. The van der Waals surface area contributed by atoms with E-state index >= 15 is 0 Å². The number of ether oxygens (including phenoxy) is 1. The first-order valence-electron chi connectivity index (χ1n) is 6.76. The van der Waals surface area contributed by atoms with Gasteiger partial charge in [-0.15, -0.1) is 0 Å². The zero-order chi connectivity index (χ0) is 12.9. The average molecular weight is 248 g/mol. The molecule has 0 bridgehead atoms. The molecule has 0 aromatic rings. The molecule has 2 atom stereocenters. The molecule has 0 aliphatic rings. The smallest absolute Gasteiger partial charge is 0.100 e. The van der Waals surface area contributed by atoms with Crippen LogP contribution < -0.4 is 0 Å². The first-order valence-corrected chi connectivity index (χ1v) is 6.76. The minimum Gasteiger partial charge on any atom is -0.394 e. The molecule has 0 aliphatic heterocycles. The molecule has 104 valence electrons. The van der Waals surface area contributed by atoms with Gasteiger partial charge in [0, 0.05) is 0 Å². The Labute approximate surface area is 105 Å². The quantitative estimate of drug-likeness (QED) is 0.457. The second-order valence-electron chi connectivity index (χ2n) is 4.53. The van der Waals surface area contributed by atoms with Crippen LogP contribution in [0.5, 0.6) is 0 Å². The third-order valence-corrected chi connectivity index (χ3v) is 2.82. The second-order valence-corrected chi connectivity index (χ2v) is 4.53. The Morgan fingerprint density at radius 3 is 2.18 bits per heavy atom. The van der Waals surface area contributed by atoms with Crippen molar-refractivity contribution in [1.29, 1.82) is 0 Å². The van der Waals surface area contributed by atoms with Crippen molar-refractivity contribution in [3.05, 3.63) is 0 Å². The minimum atomic E-state index is -0.839. The molecule has 0 amide bonds. The summed E-state index contributed by atoms with van der Waals surface area (Å²) in [6.07, 6.45) is 7.06. The number of rotatable bonds is 12. The summed E-state index contributed by atoms with van der Waals surface area (Å²) in [7, 11) is 0. The van der Waals surface area contributed by atoms with Crippen LogP contribution in [0, 0.1) is 0 Å². The Hall–Kier alpha value is -0.160. The van der Waals surface area contributed by atoms with E-state index in [0.717, 1.165) is 12.8 Å². The number of unbranched alkanes of at least 4 members (excludes halogenated alkanes) is 5. The number of aliphatic hydroxyl groups is 3. The normalized spacial score (nSPS) is 14.8. The highest BCUT2D eigenvalue weighted by atomic mass is 16.5. The first-order chi connectivity index (χ1) is 8.24. The highest BCUT2D eigenvalue weighted by Crippen LogP contribution is 2.10. The number of hydrogen-bond donors (Lipinski definition) is 3. The Balaban J connectivity index is 3.41. The molecule has 0 heterocycles. The Bertz CT molecular complexity index is 152. The van der Waals surface area contributed by atoms with E-state index in [0.29, 0.717) is 0 Å². The third-order valence-electron chi connectivity index (χ3n) is 2.82. The maximum absolute atomic E-state index is 9.11. The largest absolute Gasteiger partial charge is 0.394 e. The number of hydrogen-bond acceptors (Lipinski definition) is 4. The molecule has 0 saturated heterocycles. The van der Waals surface area contributed by atoms with E-state index in [1.54, 1.807) is 0 Å². The summed E-state index contributed by atoms with van der Waals surface area (Å²) in [5.74, 6) is 0. The van der Waals surface area contributed by atoms with Crippen molar-refractivity contribution in [3.63, 3.8) is 0 Å². The Morgan fingerprint density at radius 1 is 0.941 bits per heavy atom. The van der Waals surface area contributed by atoms with E-state index in [1.807, 2.05) is 0 Å². The van der Waals surface area contributed by atoms with Gasteiger partial charge in [0.15, 0.2) is 0 Å². The van der Waals surface area contributed by atoms with Crippen LogP contribution in [-0.4, -0.2) is 47.3 Å². The molecule has 4 heteroatoms. The summed E-state index contributed by atoms with van der Waals surface area (Å²) in [6.45, 7) is 1.97. The van der Waals surface area contributed by atoms with Crippen LogP contribution in [0.1, 0.15) is 51.9 Å². The number of aliphatic hydroxyl groups excluding tert-OH is 3. The molecule has 17 heavy (non-hydrogen) atoms. The van der Waals surface area contributed by atoms with Gasteiger partial charge in [-0.2, -0.15) is 0 Å². The minimum absolute atomic E-state index is 0.0207. The zero-order valence-electron chi connectivity index (χ0n) is 11.0. The summed E-state index contributed by atoms with van der Waals surface area (Å²) in [5.41, 5.74) is 0. The summed E-state index contributed by atoms with van der Waals surface area (Å²) < 4.78 is 5.31. The fourth-order valence-corrected chi connectivity index (χ4v) is 1.68. The topological polar surface area (TPSA) is 69.9 Å². The van der Waals surface area contributed by atoms with Gasteiger partial charge in [-0.1, -0.05) is 45.4 Å². The van der Waals surface area contributed by atoms with Gasteiger partial charge < -0.3 is 20.1 Å². The Kier molecular flexibility index (Phi) is 12.2. The van der Waals surface area contributed by atoms with E-state index in [2.05, 4.69) is 6.92 Å². The van der Waals surface area contributed by atoms with Gasteiger partial charge in [0.05, 0.1) is 25.9 Å². The molecule has 0 spiro atoms. The van der Waals surface area contributed by atoms with Gasteiger partial charge in [0.2, 0.25) is 0 Å². The SMILES string of the molecule is CCCCCCCCC(CO)OCC(O)CO. The predicted octanol–water partition coefficient (Wildman–Crippen LogP) is 1.47. The fraction of sp³-hybridized carbons (Fsp3) is 1.00. The summed E-state index contributed by atoms with van der Waals surface area (Å²) in [4.78, 5) is 0. The predicted molar refractivity (Wildman–Crippen MR) is 67.9 cm³/mol. The van der Waals surface area contributed by atoms with E-state index in [9.17, 15) is 0 Å². The van der Waals surface area contributed by atoms with E-state index in [1.165, 1.54) is 32.1 Å². The highest BCUT2D eigenvalue weighted by molar-refractivity contribution is 4.59. The molecule has 0 fully saturated rings. The molecule has 0 aromatic carbocycles. The van der Waals surface area contributed by atoms with Crippen molar-refractivity contribution >= 4 is 0 Å². The van der Waals surface area contributed by atoms with Crippen molar-refractivity contribution < 1.29 is 20.1 Å². The van der Waals surface area contributed by atoms with Crippen LogP contribution in [0.15, 0.2) is 0 Å². The van der Waals surface area contributed by atoms with Gasteiger partial charge in [-0.3, -0.25) is 0 Å². The molecule has 0 aliphatic carbocycles. The van der Waals surface area contributed by atoms with Gasteiger partial charge in [0.25, 0.3) is 0 Å². The average Bonchev–Trinajstić information content (AvgIpc) is 2.36. The zero-order valence-corrected chi connectivity index (χ0v) is 11.0. The lowest BCUT2D eigenvalue weighted by molar-refractivity contribution is -0.0491. The van der Waals surface area contributed by atoms with Crippen LogP contribution in [-0.2, 0) is 4.74 Å². The highest BCUT2D eigenvalue weighted by Gasteiger charge is 2.10. The van der Waals surface area contributed by atoms with Gasteiger partial charge in [0.1, 0.15) is 6.10 Å². The monoisotopic (exact) mass is 248 g/mol. The van der Waals surface area contributed by atoms with Gasteiger partial charge in [-0.25, -0.2) is 0 Å². The lowest BCUT2D eigenvalue weighted by Crippen LogP contribution is -2.26. The lowest BCUT2D eigenvalue weighted by Gasteiger charge is -2.17. The molecule has 0 aromatic heterocycles. The van der Waals surface area contributed by atoms with Crippen LogP contribution in [0.3, 0.4) is 0 Å². The van der Waals surface area contributed by atoms with Gasteiger partial charge >= 0.3 is 0 Å². The van der Waals surface area contributed by atoms with Crippen LogP contribution in [0.25, 0.3) is 0 Å². The van der Waals surface area contributed by atoms with E-state index < -0.39 is 6.10 Å². The molecule has 4 nitrogen and oxygen atoms in total. The molecule has 3 N–H and O–H groups in total. The van der Waals surface area contributed by atoms with Crippen LogP contribution >= 0.6 is 0 Å². The maximum atomic E-state index is 9.11.